The molecule has 7 heteroatoms. The Morgan fingerprint density at radius 1 is 1.15 bits per heavy atom. The van der Waals surface area contributed by atoms with Gasteiger partial charge in [0.25, 0.3) is 0 Å². The molecule has 2 amide bonds. The quantitative estimate of drug-likeness (QED) is 0.439. The number of hydrogen-bond acceptors (Lipinski definition) is 4. The van der Waals surface area contributed by atoms with Crippen molar-refractivity contribution in [1.82, 2.24) is 10.6 Å². The molecule has 0 aliphatic heterocycles. The molecule has 0 aromatic rings. The second kappa shape index (κ2) is 9.30. The van der Waals surface area contributed by atoms with Crippen LogP contribution in [0.4, 0.5) is 0 Å². The number of carboxylic acids is 1. The van der Waals surface area contributed by atoms with Crippen LogP contribution < -0.4 is 16.4 Å². The molecule has 0 bridgehead atoms. The van der Waals surface area contributed by atoms with Gasteiger partial charge in [0, 0.05) is 6.92 Å². The van der Waals surface area contributed by atoms with Crippen molar-refractivity contribution in [1.29, 1.82) is 0 Å². The van der Waals surface area contributed by atoms with Gasteiger partial charge < -0.3 is 21.5 Å². The number of unbranched alkanes of at least 4 members (excludes halogenated alkanes) is 1. The number of amides is 2. The van der Waals surface area contributed by atoms with E-state index in [0.717, 1.165) is 0 Å². The standard InChI is InChI=1S/C13H25N3O4/c1-8(2)11(15-9(3)17)12(18)16-10(13(19)20)6-4-5-7-14/h8,10-11H,4-7,14H2,1-3H3,(H,15,17)(H,16,18)(H,19,20)/t10-,11-/m0/s1. The fourth-order valence-electron chi connectivity index (χ4n) is 1.77. The summed E-state index contributed by atoms with van der Waals surface area (Å²) in [5.74, 6) is -2.01. The van der Waals surface area contributed by atoms with Gasteiger partial charge >= 0.3 is 5.97 Å². The number of rotatable bonds is 9. The first-order valence-electron chi connectivity index (χ1n) is 6.80. The first-order valence-corrected chi connectivity index (χ1v) is 6.80. The third-order valence-electron chi connectivity index (χ3n) is 2.87. The van der Waals surface area contributed by atoms with E-state index in [4.69, 9.17) is 10.8 Å². The number of carbonyl (C=O) groups excluding carboxylic acids is 2. The molecule has 0 fully saturated rings. The van der Waals surface area contributed by atoms with E-state index in [1.54, 1.807) is 13.8 Å². The molecule has 0 aromatic heterocycles. The van der Waals surface area contributed by atoms with Crippen molar-refractivity contribution in [3.63, 3.8) is 0 Å². The Kier molecular flexibility index (Phi) is 8.54. The van der Waals surface area contributed by atoms with Crippen LogP contribution in [-0.4, -0.2) is 41.5 Å². The molecule has 0 aliphatic rings. The Labute approximate surface area is 119 Å². The second-order valence-corrected chi connectivity index (χ2v) is 5.11. The van der Waals surface area contributed by atoms with E-state index < -0.39 is 24.0 Å². The molecule has 0 radical (unpaired) electrons. The summed E-state index contributed by atoms with van der Waals surface area (Å²) in [5, 5.41) is 14.1. The van der Waals surface area contributed by atoms with E-state index in [1.165, 1.54) is 6.92 Å². The zero-order chi connectivity index (χ0) is 15.7. The van der Waals surface area contributed by atoms with Gasteiger partial charge in [0.15, 0.2) is 0 Å². The van der Waals surface area contributed by atoms with E-state index in [9.17, 15) is 14.4 Å². The molecule has 2 atom stereocenters. The van der Waals surface area contributed by atoms with Crippen molar-refractivity contribution in [2.75, 3.05) is 6.54 Å². The summed E-state index contributed by atoms with van der Waals surface area (Å²) in [4.78, 5) is 34.2. The molecule has 5 N–H and O–H groups in total. The summed E-state index contributed by atoms with van der Waals surface area (Å²) in [5.41, 5.74) is 5.35. The number of carboxylic acid groups (broad SMARTS) is 1. The number of nitrogens with one attached hydrogen (secondary N) is 2. The second-order valence-electron chi connectivity index (χ2n) is 5.11. The van der Waals surface area contributed by atoms with Crippen LogP contribution in [0.2, 0.25) is 0 Å². The first kappa shape index (κ1) is 18.4. The van der Waals surface area contributed by atoms with Gasteiger partial charge in [-0.1, -0.05) is 13.8 Å². The first-order chi connectivity index (χ1) is 9.29. The maximum Gasteiger partial charge on any atom is 0.326 e. The van der Waals surface area contributed by atoms with Crippen molar-refractivity contribution in [2.45, 2.75) is 52.1 Å². The lowest BCUT2D eigenvalue weighted by Crippen LogP contribution is -2.53. The minimum absolute atomic E-state index is 0.127. The number of nitrogens with two attached hydrogens (primary N) is 1. The molecule has 0 unspecified atom stereocenters. The molecule has 0 saturated heterocycles. The Morgan fingerprint density at radius 2 is 1.75 bits per heavy atom. The van der Waals surface area contributed by atoms with Crippen LogP contribution >= 0.6 is 0 Å². The van der Waals surface area contributed by atoms with Crippen LogP contribution in [0, 0.1) is 5.92 Å². The highest BCUT2D eigenvalue weighted by Crippen LogP contribution is 2.05. The number of carbonyl (C=O) groups is 3. The fraction of sp³-hybridized carbons (Fsp3) is 0.769. The van der Waals surface area contributed by atoms with Gasteiger partial charge in [0.05, 0.1) is 0 Å². The smallest absolute Gasteiger partial charge is 0.326 e. The van der Waals surface area contributed by atoms with Crippen LogP contribution in [0.1, 0.15) is 40.0 Å². The van der Waals surface area contributed by atoms with E-state index in [1.807, 2.05) is 0 Å². The molecule has 0 heterocycles. The molecule has 20 heavy (non-hydrogen) atoms. The monoisotopic (exact) mass is 287 g/mol. The van der Waals surface area contributed by atoms with Crippen molar-refractivity contribution in [3.8, 4) is 0 Å². The van der Waals surface area contributed by atoms with E-state index in [0.29, 0.717) is 25.8 Å². The van der Waals surface area contributed by atoms with Gasteiger partial charge in [0.2, 0.25) is 11.8 Å². The molecule has 0 saturated carbocycles. The Morgan fingerprint density at radius 3 is 2.15 bits per heavy atom. The zero-order valence-electron chi connectivity index (χ0n) is 12.3. The molecule has 116 valence electrons. The van der Waals surface area contributed by atoms with Crippen LogP contribution in [0.5, 0.6) is 0 Å². The molecule has 7 nitrogen and oxygen atoms in total. The summed E-state index contributed by atoms with van der Waals surface area (Å²) in [7, 11) is 0. The lowest BCUT2D eigenvalue weighted by molar-refractivity contribution is -0.142. The van der Waals surface area contributed by atoms with Crippen LogP contribution in [0.15, 0.2) is 0 Å². The van der Waals surface area contributed by atoms with Crippen LogP contribution in [0.3, 0.4) is 0 Å². The van der Waals surface area contributed by atoms with Crippen LogP contribution in [-0.2, 0) is 14.4 Å². The SMILES string of the molecule is CC(=O)N[C@H](C(=O)N[C@@H](CCCCN)C(=O)O)C(C)C. The highest BCUT2D eigenvalue weighted by molar-refractivity contribution is 5.90. The van der Waals surface area contributed by atoms with Gasteiger partial charge in [-0.25, -0.2) is 4.79 Å². The summed E-state index contributed by atoms with van der Waals surface area (Å²) in [6.45, 7) is 5.37. The average Bonchev–Trinajstić information content (AvgIpc) is 2.33. The summed E-state index contributed by atoms with van der Waals surface area (Å²) in [6.07, 6.45) is 1.66. The van der Waals surface area contributed by atoms with Crippen molar-refractivity contribution in [2.24, 2.45) is 11.7 Å². The zero-order valence-corrected chi connectivity index (χ0v) is 12.3. The van der Waals surface area contributed by atoms with Crippen molar-refractivity contribution >= 4 is 17.8 Å². The third kappa shape index (κ3) is 7.08. The molecule has 0 aromatic carbocycles. The van der Waals surface area contributed by atoms with Gasteiger partial charge in [-0.3, -0.25) is 9.59 Å². The highest BCUT2D eigenvalue weighted by Gasteiger charge is 2.27. The molecule has 0 aliphatic carbocycles. The Hall–Kier alpha value is -1.63. The Bertz CT molecular complexity index is 345. The third-order valence-corrected chi connectivity index (χ3v) is 2.87. The van der Waals surface area contributed by atoms with Gasteiger partial charge in [-0.2, -0.15) is 0 Å². The minimum Gasteiger partial charge on any atom is -0.480 e. The van der Waals surface area contributed by atoms with Gasteiger partial charge in [-0.15, -0.1) is 0 Å². The fourth-order valence-corrected chi connectivity index (χ4v) is 1.77. The lowest BCUT2D eigenvalue weighted by Gasteiger charge is -2.23. The van der Waals surface area contributed by atoms with Gasteiger partial charge in [-0.05, 0) is 31.7 Å². The maximum absolute atomic E-state index is 12.1. The largest absolute Gasteiger partial charge is 0.480 e. The van der Waals surface area contributed by atoms with Crippen molar-refractivity contribution < 1.29 is 19.5 Å². The highest BCUT2D eigenvalue weighted by atomic mass is 16.4. The number of aliphatic carboxylic acids is 1. The van der Waals surface area contributed by atoms with E-state index in [2.05, 4.69) is 10.6 Å². The summed E-state index contributed by atoms with van der Waals surface area (Å²) < 4.78 is 0. The minimum atomic E-state index is -1.08. The number of hydrogen-bond donors (Lipinski definition) is 4. The predicted octanol–water partition coefficient (Wildman–Crippen LogP) is -0.154. The summed E-state index contributed by atoms with van der Waals surface area (Å²) >= 11 is 0. The van der Waals surface area contributed by atoms with Crippen LogP contribution in [0.25, 0.3) is 0 Å². The molecular formula is C13H25N3O4. The molecule has 0 rings (SSSR count). The topological polar surface area (TPSA) is 122 Å². The molecule has 0 spiro atoms. The Balaban J connectivity index is 4.61. The predicted molar refractivity (Wildman–Crippen MR) is 74.9 cm³/mol. The average molecular weight is 287 g/mol. The van der Waals surface area contributed by atoms with E-state index in [-0.39, 0.29) is 11.8 Å². The maximum atomic E-state index is 12.1. The lowest BCUT2D eigenvalue weighted by atomic mass is 10.0. The van der Waals surface area contributed by atoms with E-state index >= 15 is 0 Å². The van der Waals surface area contributed by atoms with Crippen molar-refractivity contribution in [3.05, 3.63) is 0 Å². The normalized spacial score (nSPS) is 13.7. The molecular weight excluding hydrogens is 262 g/mol. The summed E-state index contributed by atoms with van der Waals surface area (Å²) in [6, 6.07) is -1.69. The van der Waals surface area contributed by atoms with Gasteiger partial charge in [0.1, 0.15) is 12.1 Å².